The summed E-state index contributed by atoms with van der Waals surface area (Å²) in [6.45, 7) is 8.04. The highest BCUT2D eigenvalue weighted by atomic mass is 32.2. The van der Waals surface area contributed by atoms with Crippen molar-refractivity contribution in [2.75, 3.05) is 19.6 Å². The smallest absolute Gasteiger partial charge is 0.270 e. The molecule has 1 aliphatic rings. The molecule has 148 valence electrons. The Bertz CT molecular complexity index is 706. The zero-order valence-corrected chi connectivity index (χ0v) is 17.4. The van der Waals surface area contributed by atoms with Gasteiger partial charge in [-0.2, -0.15) is 4.31 Å². The predicted molar refractivity (Wildman–Crippen MR) is 104 cm³/mol. The van der Waals surface area contributed by atoms with E-state index in [1.807, 2.05) is 11.8 Å². The van der Waals surface area contributed by atoms with Gasteiger partial charge < -0.3 is 9.47 Å². The fraction of sp³-hybridized carbons (Fsp3) is 0.737. The molecule has 0 bridgehead atoms. The molecule has 1 unspecified atom stereocenters. The Labute approximate surface area is 158 Å². The zero-order chi connectivity index (χ0) is 19.3. The number of piperidine rings is 1. The van der Waals surface area contributed by atoms with Crippen LogP contribution < -0.4 is 0 Å². The lowest BCUT2D eigenvalue weighted by atomic mass is 10.2. The number of nitrogens with zero attached hydrogens (tertiary/aromatic N) is 3. The fourth-order valence-electron chi connectivity index (χ4n) is 3.36. The van der Waals surface area contributed by atoms with Gasteiger partial charge in [0, 0.05) is 38.9 Å². The fourth-order valence-corrected chi connectivity index (χ4v) is 4.95. The topological polar surface area (TPSA) is 62.6 Å². The lowest BCUT2D eigenvalue weighted by molar-refractivity contribution is 0.0675. The van der Waals surface area contributed by atoms with Crippen LogP contribution in [0.2, 0.25) is 0 Å². The molecule has 1 amide bonds. The summed E-state index contributed by atoms with van der Waals surface area (Å²) >= 11 is 0. The molecule has 7 heteroatoms. The highest BCUT2D eigenvalue weighted by Crippen LogP contribution is 2.23. The second-order valence-corrected chi connectivity index (χ2v) is 9.18. The van der Waals surface area contributed by atoms with Gasteiger partial charge in [-0.25, -0.2) is 8.42 Å². The Morgan fingerprint density at radius 3 is 2.46 bits per heavy atom. The summed E-state index contributed by atoms with van der Waals surface area (Å²) in [4.78, 5) is 15.2. The van der Waals surface area contributed by atoms with Crippen LogP contribution in [0.5, 0.6) is 0 Å². The predicted octanol–water partition coefficient (Wildman–Crippen LogP) is 3.24. The third-order valence-corrected chi connectivity index (χ3v) is 7.15. The van der Waals surface area contributed by atoms with E-state index >= 15 is 0 Å². The Balaban J connectivity index is 2.28. The Morgan fingerprint density at radius 2 is 1.88 bits per heavy atom. The Morgan fingerprint density at radius 1 is 1.23 bits per heavy atom. The van der Waals surface area contributed by atoms with E-state index in [-0.39, 0.29) is 16.8 Å². The summed E-state index contributed by atoms with van der Waals surface area (Å²) in [5.41, 5.74) is 0.442. The molecule has 1 aromatic heterocycles. The van der Waals surface area contributed by atoms with E-state index in [2.05, 4.69) is 13.8 Å². The first kappa shape index (κ1) is 21.0. The number of amides is 1. The van der Waals surface area contributed by atoms with Crippen molar-refractivity contribution >= 4 is 15.9 Å². The number of carbonyl (C=O) groups is 1. The van der Waals surface area contributed by atoms with Crippen LogP contribution >= 0.6 is 0 Å². The van der Waals surface area contributed by atoms with Crippen molar-refractivity contribution in [3.05, 3.63) is 18.0 Å². The first-order valence-electron chi connectivity index (χ1n) is 9.80. The van der Waals surface area contributed by atoms with Gasteiger partial charge in [0.25, 0.3) is 5.91 Å². The minimum absolute atomic E-state index is 0.0876. The second-order valence-electron chi connectivity index (χ2n) is 7.25. The molecule has 1 atom stereocenters. The van der Waals surface area contributed by atoms with Crippen LogP contribution in [0, 0.1) is 0 Å². The number of aromatic nitrogens is 1. The van der Waals surface area contributed by atoms with E-state index < -0.39 is 10.0 Å². The Kier molecular flexibility index (Phi) is 7.29. The molecule has 2 heterocycles. The maximum Gasteiger partial charge on any atom is 0.270 e. The highest BCUT2D eigenvalue weighted by molar-refractivity contribution is 7.89. The van der Waals surface area contributed by atoms with Gasteiger partial charge in [-0.3, -0.25) is 4.79 Å². The van der Waals surface area contributed by atoms with Crippen molar-refractivity contribution in [3.63, 3.8) is 0 Å². The molecule has 0 N–H and O–H groups in total. The van der Waals surface area contributed by atoms with Crippen LogP contribution in [0.4, 0.5) is 0 Å². The van der Waals surface area contributed by atoms with E-state index in [0.717, 1.165) is 38.5 Å². The molecule has 1 aliphatic heterocycles. The minimum Gasteiger partial charge on any atom is -0.345 e. The molecule has 6 nitrogen and oxygen atoms in total. The van der Waals surface area contributed by atoms with Crippen molar-refractivity contribution in [1.82, 2.24) is 13.8 Å². The van der Waals surface area contributed by atoms with Gasteiger partial charge in [-0.15, -0.1) is 0 Å². The Hall–Kier alpha value is -1.34. The minimum atomic E-state index is -3.52. The van der Waals surface area contributed by atoms with Gasteiger partial charge >= 0.3 is 0 Å². The maximum atomic E-state index is 13.1. The van der Waals surface area contributed by atoms with Crippen molar-refractivity contribution in [3.8, 4) is 0 Å². The maximum absolute atomic E-state index is 13.1. The van der Waals surface area contributed by atoms with Crippen LogP contribution in [0.3, 0.4) is 0 Å². The molecule has 0 radical (unpaired) electrons. The summed E-state index contributed by atoms with van der Waals surface area (Å²) in [6.07, 6.45) is 7.28. The van der Waals surface area contributed by atoms with E-state index in [9.17, 15) is 13.2 Å². The first-order valence-corrected chi connectivity index (χ1v) is 11.2. The third-order valence-electron chi connectivity index (χ3n) is 5.29. The normalized spacial score (nSPS) is 17.2. The molecule has 1 saturated heterocycles. The summed E-state index contributed by atoms with van der Waals surface area (Å²) < 4.78 is 29.0. The average Bonchev–Trinajstić information content (AvgIpc) is 3.04. The monoisotopic (exact) mass is 383 g/mol. The van der Waals surface area contributed by atoms with Gasteiger partial charge in [0.1, 0.15) is 10.6 Å². The molecule has 26 heavy (non-hydrogen) atoms. The van der Waals surface area contributed by atoms with Crippen molar-refractivity contribution in [2.24, 2.45) is 7.05 Å². The summed E-state index contributed by atoms with van der Waals surface area (Å²) in [5.74, 6) is -0.0876. The number of rotatable bonds is 8. The average molecular weight is 384 g/mol. The quantitative estimate of drug-likeness (QED) is 0.692. The molecule has 2 rings (SSSR count). The van der Waals surface area contributed by atoms with Crippen LogP contribution in [-0.4, -0.2) is 53.8 Å². The highest BCUT2D eigenvalue weighted by Gasteiger charge is 2.30. The van der Waals surface area contributed by atoms with Gasteiger partial charge in [-0.05, 0) is 38.7 Å². The van der Waals surface area contributed by atoms with Crippen molar-refractivity contribution in [2.45, 2.75) is 70.2 Å². The number of hydrogen-bond donors (Lipinski definition) is 0. The first-order chi connectivity index (χ1) is 12.3. The van der Waals surface area contributed by atoms with E-state index in [1.54, 1.807) is 28.2 Å². The van der Waals surface area contributed by atoms with Crippen LogP contribution in [0.1, 0.15) is 69.8 Å². The van der Waals surface area contributed by atoms with Gasteiger partial charge in [0.05, 0.1) is 0 Å². The van der Waals surface area contributed by atoms with Crippen molar-refractivity contribution in [1.29, 1.82) is 0 Å². The molecule has 0 spiro atoms. The van der Waals surface area contributed by atoms with Gasteiger partial charge in [0.2, 0.25) is 10.0 Å². The lowest BCUT2D eigenvalue weighted by Gasteiger charge is -2.28. The van der Waals surface area contributed by atoms with E-state index in [4.69, 9.17) is 0 Å². The summed E-state index contributed by atoms with van der Waals surface area (Å²) in [7, 11) is -1.78. The van der Waals surface area contributed by atoms with Crippen LogP contribution in [0.15, 0.2) is 17.2 Å². The SMILES string of the molecule is CCCCN(C(=O)c1cc(S(=O)(=O)N2CCCCC2)cn1C)C(C)CC. The standard InChI is InChI=1S/C19H33N3O3S/c1-5-7-13-22(16(3)6-2)19(23)18-14-17(15-20(18)4)26(24,25)21-11-9-8-10-12-21/h14-16H,5-13H2,1-4H3. The van der Waals surface area contributed by atoms with Gasteiger partial charge in [-0.1, -0.05) is 26.7 Å². The lowest BCUT2D eigenvalue weighted by Crippen LogP contribution is -2.39. The summed E-state index contributed by atoms with van der Waals surface area (Å²) in [6, 6.07) is 1.68. The van der Waals surface area contributed by atoms with E-state index in [0.29, 0.717) is 25.3 Å². The molecule has 0 aliphatic carbocycles. The number of carbonyl (C=O) groups excluding carboxylic acids is 1. The van der Waals surface area contributed by atoms with Crippen LogP contribution in [-0.2, 0) is 17.1 Å². The molecule has 1 aromatic rings. The number of aryl methyl sites for hydroxylation is 1. The molecular weight excluding hydrogens is 350 g/mol. The van der Waals surface area contributed by atoms with Crippen molar-refractivity contribution < 1.29 is 13.2 Å². The third kappa shape index (κ3) is 4.49. The number of unbranched alkanes of at least 4 members (excludes halogenated alkanes) is 1. The number of sulfonamides is 1. The molecule has 1 fully saturated rings. The largest absolute Gasteiger partial charge is 0.345 e. The molecule has 0 saturated carbocycles. The molecular formula is C19H33N3O3S. The van der Waals surface area contributed by atoms with Gasteiger partial charge in [0.15, 0.2) is 0 Å². The number of hydrogen-bond acceptors (Lipinski definition) is 3. The van der Waals surface area contributed by atoms with Crippen LogP contribution in [0.25, 0.3) is 0 Å². The molecule has 0 aromatic carbocycles. The summed E-state index contributed by atoms with van der Waals surface area (Å²) in [5, 5.41) is 0. The zero-order valence-electron chi connectivity index (χ0n) is 16.6. The van der Waals surface area contributed by atoms with E-state index in [1.165, 1.54) is 0 Å². The second kappa shape index (κ2) is 9.04.